The van der Waals surface area contributed by atoms with E-state index in [2.05, 4.69) is 52.5 Å². The van der Waals surface area contributed by atoms with Crippen LogP contribution in [-0.4, -0.2) is 63.0 Å². The largest absolute Gasteiger partial charge is 0.465 e. The molecule has 0 bridgehead atoms. The van der Waals surface area contributed by atoms with Crippen LogP contribution in [0, 0.1) is 46.3 Å². The number of ether oxygens (including phenoxy) is 3. The Balaban J connectivity index is 1.22. The van der Waals surface area contributed by atoms with E-state index in [9.17, 15) is 4.79 Å². The molecule has 0 amide bonds. The minimum absolute atomic E-state index is 0.149. The zero-order valence-corrected chi connectivity index (χ0v) is 29.1. The van der Waals surface area contributed by atoms with Crippen molar-refractivity contribution in [2.75, 3.05) is 46.1 Å². The van der Waals surface area contributed by atoms with Gasteiger partial charge in [0.1, 0.15) is 0 Å². The second kappa shape index (κ2) is 16.1. The predicted molar refractivity (Wildman–Crippen MR) is 177 cm³/mol. The SMILES string of the molecule is CCCN(CCOCCO[C@H]1CC[C@@]2(C)C(=CC[C@H]3[C@@H]4CC[C@H]([C@H](C)CCCC(C)C)[C@@]4(C)CC[C@@H]32)C1)CC(=O)OCC. The summed E-state index contributed by atoms with van der Waals surface area (Å²) in [6, 6.07) is 0. The quantitative estimate of drug-likeness (QED) is 0.0948. The summed E-state index contributed by atoms with van der Waals surface area (Å²) in [4.78, 5) is 14.0. The van der Waals surface area contributed by atoms with Gasteiger partial charge in [0.15, 0.2) is 0 Å². The summed E-state index contributed by atoms with van der Waals surface area (Å²) in [7, 11) is 0. The molecule has 4 aliphatic carbocycles. The fraction of sp³-hybridized carbons (Fsp3) is 0.921. The van der Waals surface area contributed by atoms with E-state index in [0.717, 1.165) is 61.4 Å². The number of fused-ring (bicyclic) bond motifs is 5. The first-order chi connectivity index (χ1) is 20.6. The number of carbonyl (C=O) groups is 1. The molecule has 0 heterocycles. The van der Waals surface area contributed by atoms with Crippen molar-refractivity contribution < 1.29 is 19.0 Å². The van der Waals surface area contributed by atoms with Gasteiger partial charge >= 0.3 is 5.97 Å². The Morgan fingerprint density at radius 2 is 1.79 bits per heavy atom. The third kappa shape index (κ3) is 8.47. The van der Waals surface area contributed by atoms with Crippen molar-refractivity contribution in [2.24, 2.45) is 46.3 Å². The van der Waals surface area contributed by atoms with Gasteiger partial charge in [0.25, 0.3) is 0 Å². The summed E-state index contributed by atoms with van der Waals surface area (Å²) in [5.41, 5.74) is 2.65. The van der Waals surface area contributed by atoms with Gasteiger partial charge in [-0.2, -0.15) is 0 Å². The Kier molecular flexibility index (Phi) is 13.1. The molecular formula is C38H67NO4. The van der Waals surface area contributed by atoms with Crippen LogP contribution >= 0.6 is 0 Å². The number of rotatable bonds is 17. The number of nitrogens with zero attached hydrogens (tertiary/aromatic N) is 1. The Hall–Kier alpha value is -0.910. The number of hydrogen-bond donors (Lipinski definition) is 0. The van der Waals surface area contributed by atoms with Crippen LogP contribution in [-0.2, 0) is 19.0 Å². The first-order valence-corrected chi connectivity index (χ1v) is 18.4. The van der Waals surface area contributed by atoms with E-state index in [0.29, 0.717) is 49.9 Å². The van der Waals surface area contributed by atoms with Gasteiger partial charge in [0.05, 0.1) is 39.1 Å². The summed E-state index contributed by atoms with van der Waals surface area (Å²) >= 11 is 0. The summed E-state index contributed by atoms with van der Waals surface area (Å²) < 4.78 is 17.4. The third-order valence-corrected chi connectivity index (χ3v) is 12.6. The van der Waals surface area contributed by atoms with Crippen LogP contribution in [0.1, 0.15) is 126 Å². The molecule has 0 aromatic heterocycles. The fourth-order valence-corrected chi connectivity index (χ4v) is 10.3. The normalized spacial score (nSPS) is 34.4. The molecule has 4 aliphatic rings. The smallest absolute Gasteiger partial charge is 0.320 e. The molecule has 8 atom stereocenters. The molecule has 0 spiro atoms. The zero-order valence-electron chi connectivity index (χ0n) is 29.1. The lowest BCUT2D eigenvalue weighted by Crippen LogP contribution is -2.51. The van der Waals surface area contributed by atoms with E-state index >= 15 is 0 Å². The van der Waals surface area contributed by atoms with Crippen LogP contribution < -0.4 is 0 Å². The van der Waals surface area contributed by atoms with E-state index in [4.69, 9.17) is 14.2 Å². The van der Waals surface area contributed by atoms with Crippen molar-refractivity contribution in [3.05, 3.63) is 11.6 Å². The van der Waals surface area contributed by atoms with Crippen molar-refractivity contribution in [3.8, 4) is 0 Å². The monoisotopic (exact) mass is 602 g/mol. The topological polar surface area (TPSA) is 48.0 Å². The molecule has 0 aromatic carbocycles. The Bertz CT molecular complexity index is 902. The van der Waals surface area contributed by atoms with Crippen molar-refractivity contribution in [2.45, 2.75) is 132 Å². The lowest BCUT2D eigenvalue weighted by molar-refractivity contribution is -0.144. The average molecular weight is 602 g/mol. The molecule has 0 saturated heterocycles. The van der Waals surface area contributed by atoms with Gasteiger partial charge in [-0.05, 0) is 118 Å². The Morgan fingerprint density at radius 1 is 0.977 bits per heavy atom. The minimum Gasteiger partial charge on any atom is -0.465 e. The minimum atomic E-state index is -0.149. The number of allylic oxidation sites excluding steroid dienone is 1. The highest BCUT2D eigenvalue weighted by atomic mass is 16.5. The highest BCUT2D eigenvalue weighted by Crippen LogP contribution is 2.67. The molecule has 0 aliphatic heterocycles. The zero-order chi connectivity index (χ0) is 31.0. The summed E-state index contributed by atoms with van der Waals surface area (Å²) in [6.07, 6.45) is 19.0. The van der Waals surface area contributed by atoms with Crippen molar-refractivity contribution in [3.63, 3.8) is 0 Å². The van der Waals surface area contributed by atoms with Crippen LogP contribution in [0.5, 0.6) is 0 Å². The van der Waals surface area contributed by atoms with Crippen LogP contribution in [0.4, 0.5) is 0 Å². The molecule has 248 valence electrons. The molecular weight excluding hydrogens is 534 g/mol. The molecule has 5 heteroatoms. The van der Waals surface area contributed by atoms with E-state index in [1.165, 1.54) is 64.2 Å². The maximum atomic E-state index is 11.9. The molecule has 3 fully saturated rings. The van der Waals surface area contributed by atoms with Gasteiger partial charge < -0.3 is 14.2 Å². The van der Waals surface area contributed by atoms with Gasteiger partial charge in [-0.1, -0.05) is 72.5 Å². The first-order valence-electron chi connectivity index (χ1n) is 18.4. The van der Waals surface area contributed by atoms with E-state index in [-0.39, 0.29) is 5.97 Å². The van der Waals surface area contributed by atoms with Crippen molar-refractivity contribution in [1.82, 2.24) is 4.90 Å². The maximum Gasteiger partial charge on any atom is 0.320 e. The van der Waals surface area contributed by atoms with Gasteiger partial charge in [0, 0.05) is 6.54 Å². The van der Waals surface area contributed by atoms with E-state index in [1.54, 1.807) is 5.57 Å². The fourth-order valence-electron chi connectivity index (χ4n) is 10.3. The molecule has 0 aromatic rings. The average Bonchev–Trinajstić information content (AvgIpc) is 3.32. The van der Waals surface area contributed by atoms with Crippen LogP contribution in [0.2, 0.25) is 0 Å². The van der Waals surface area contributed by atoms with Crippen molar-refractivity contribution in [1.29, 1.82) is 0 Å². The molecule has 0 unspecified atom stereocenters. The Morgan fingerprint density at radius 3 is 2.53 bits per heavy atom. The summed E-state index contributed by atoms with van der Waals surface area (Å²) in [5, 5.41) is 0. The summed E-state index contributed by atoms with van der Waals surface area (Å²) in [5.74, 6) is 5.19. The molecule has 4 rings (SSSR count). The highest BCUT2D eigenvalue weighted by Gasteiger charge is 2.59. The second-order valence-corrected chi connectivity index (χ2v) is 15.7. The molecule has 0 N–H and O–H groups in total. The van der Waals surface area contributed by atoms with Gasteiger partial charge in [-0.15, -0.1) is 0 Å². The molecule has 3 saturated carbocycles. The third-order valence-electron chi connectivity index (χ3n) is 12.6. The van der Waals surface area contributed by atoms with Crippen LogP contribution in [0.3, 0.4) is 0 Å². The number of esters is 1. The van der Waals surface area contributed by atoms with Gasteiger partial charge in [-0.25, -0.2) is 0 Å². The van der Waals surface area contributed by atoms with Gasteiger partial charge in [-0.3, -0.25) is 9.69 Å². The standard InChI is InChI=1S/C38H67NO4/c1-8-21-39(27-36(40)42-9-2)22-23-41-24-25-43-31-17-19-37(6)30(26-31)13-14-32-34-16-15-33(29(5)12-10-11-28(3)4)38(34,7)20-18-35(32)37/h13,28-29,31-35H,8-12,14-27H2,1-7H3/t29-,31+,32+,33-,34+,35+,37+,38-/m1/s1. The molecule has 0 radical (unpaired) electrons. The van der Waals surface area contributed by atoms with E-state index in [1.807, 2.05) is 6.92 Å². The predicted octanol–water partition coefficient (Wildman–Crippen LogP) is 8.70. The lowest BCUT2D eigenvalue weighted by atomic mass is 9.47. The lowest BCUT2D eigenvalue weighted by Gasteiger charge is -2.58. The van der Waals surface area contributed by atoms with Crippen molar-refractivity contribution >= 4 is 5.97 Å². The number of hydrogen-bond acceptors (Lipinski definition) is 5. The maximum absolute atomic E-state index is 11.9. The van der Waals surface area contributed by atoms with Crippen LogP contribution in [0.15, 0.2) is 11.6 Å². The molecule has 5 nitrogen and oxygen atoms in total. The summed E-state index contributed by atoms with van der Waals surface area (Å²) in [6.45, 7) is 21.0. The first kappa shape index (κ1) is 35.0. The van der Waals surface area contributed by atoms with E-state index < -0.39 is 0 Å². The highest BCUT2D eigenvalue weighted by molar-refractivity contribution is 5.71. The second-order valence-electron chi connectivity index (χ2n) is 15.7. The van der Waals surface area contributed by atoms with Gasteiger partial charge in [0.2, 0.25) is 0 Å². The molecule has 43 heavy (non-hydrogen) atoms. The Labute approximate surface area is 265 Å². The van der Waals surface area contributed by atoms with Crippen LogP contribution in [0.25, 0.3) is 0 Å². The number of carbonyl (C=O) groups excluding carboxylic acids is 1.